The molecular weight excluding hydrogens is 302 g/mol. The van der Waals surface area contributed by atoms with Gasteiger partial charge in [-0.1, -0.05) is 24.3 Å². The van der Waals surface area contributed by atoms with E-state index in [1.165, 1.54) is 5.56 Å². The minimum Gasteiger partial charge on any atom is -0.497 e. The summed E-state index contributed by atoms with van der Waals surface area (Å²) in [4.78, 5) is 4.30. The molecule has 0 aliphatic rings. The molecule has 24 heavy (non-hydrogen) atoms. The largest absolute Gasteiger partial charge is 0.497 e. The van der Waals surface area contributed by atoms with Crippen molar-refractivity contribution in [3.8, 4) is 5.75 Å². The molecule has 2 aromatic carbocycles. The number of aliphatic imine (C=N–C) groups is 1. The van der Waals surface area contributed by atoms with Gasteiger partial charge in [-0.3, -0.25) is 4.99 Å². The average molecular weight is 327 g/mol. The molecule has 0 aliphatic carbocycles. The van der Waals surface area contributed by atoms with Crippen molar-refractivity contribution >= 4 is 11.6 Å². The molecule has 0 aromatic heterocycles. The van der Waals surface area contributed by atoms with Gasteiger partial charge in [0.05, 0.1) is 13.7 Å². The van der Waals surface area contributed by atoms with E-state index in [2.05, 4.69) is 10.3 Å². The second kappa shape index (κ2) is 9.57. The van der Waals surface area contributed by atoms with Crippen LogP contribution in [0.5, 0.6) is 5.75 Å². The summed E-state index contributed by atoms with van der Waals surface area (Å²) < 4.78 is 10.8. The van der Waals surface area contributed by atoms with Crippen molar-refractivity contribution in [1.82, 2.24) is 0 Å². The predicted molar refractivity (Wildman–Crippen MR) is 98.6 cm³/mol. The number of guanidine groups is 1. The second-order valence-electron chi connectivity index (χ2n) is 5.52. The van der Waals surface area contributed by atoms with Crippen molar-refractivity contribution in [3.05, 3.63) is 59.7 Å². The second-order valence-corrected chi connectivity index (χ2v) is 5.52. The highest BCUT2D eigenvalue weighted by molar-refractivity contribution is 5.92. The first-order valence-electron chi connectivity index (χ1n) is 8.01. The average Bonchev–Trinajstić information content (AvgIpc) is 2.58. The number of hydrogen-bond donors (Lipinski definition) is 2. The molecule has 0 spiro atoms. The van der Waals surface area contributed by atoms with Gasteiger partial charge in [-0.25, -0.2) is 0 Å². The summed E-state index contributed by atoms with van der Waals surface area (Å²) in [7, 11) is 1.66. The lowest BCUT2D eigenvalue weighted by Gasteiger charge is -2.07. The normalized spacial score (nSPS) is 11.3. The van der Waals surface area contributed by atoms with Crippen molar-refractivity contribution < 1.29 is 9.47 Å². The SMILES string of the molecule is COc1ccc(COCCCN=C(N)Nc2cccc(C)c2)cc1. The van der Waals surface area contributed by atoms with Crippen molar-refractivity contribution in [2.24, 2.45) is 10.7 Å². The summed E-state index contributed by atoms with van der Waals surface area (Å²) in [5, 5.41) is 3.09. The Labute approximate surface area is 143 Å². The van der Waals surface area contributed by atoms with Gasteiger partial charge in [-0.05, 0) is 48.7 Å². The Morgan fingerprint density at radius 3 is 2.67 bits per heavy atom. The number of ether oxygens (including phenoxy) is 2. The molecule has 0 saturated carbocycles. The molecule has 0 radical (unpaired) electrons. The van der Waals surface area contributed by atoms with E-state index >= 15 is 0 Å². The number of hydrogen-bond acceptors (Lipinski definition) is 3. The summed E-state index contributed by atoms with van der Waals surface area (Å²) >= 11 is 0. The van der Waals surface area contributed by atoms with Gasteiger partial charge in [0.25, 0.3) is 0 Å². The van der Waals surface area contributed by atoms with Crippen molar-refractivity contribution in [3.63, 3.8) is 0 Å². The Balaban J connectivity index is 1.63. The summed E-state index contributed by atoms with van der Waals surface area (Å²) in [6.45, 7) is 3.91. The number of aryl methyl sites for hydroxylation is 1. The Morgan fingerprint density at radius 2 is 1.96 bits per heavy atom. The lowest BCUT2D eigenvalue weighted by Crippen LogP contribution is -2.23. The fourth-order valence-electron chi connectivity index (χ4n) is 2.19. The zero-order chi connectivity index (χ0) is 17.2. The molecule has 128 valence electrons. The van der Waals surface area contributed by atoms with Gasteiger partial charge in [0.1, 0.15) is 5.75 Å². The van der Waals surface area contributed by atoms with Crippen molar-refractivity contribution in [2.75, 3.05) is 25.6 Å². The van der Waals surface area contributed by atoms with Crippen molar-refractivity contribution in [2.45, 2.75) is 20.0 Å². The van der Waals surface area contributed by atoms with E-state index in [-0.39, 0.29) is 0 Å². The minimum atomic E-state index is 0.427. The van der Waals surface area contributed by atoms with E-state index in [4.69, 9.17) is 15.2 Å². The molecule has 0 fully saturated rings. The van der Waals surface area contributed by atoms with Crippen LogP contribution in [-0.2, 0) is 11.3 Å². The van der Waals surface area contributed by atoms with Gasteiger partial charge in [0, 0.05) is 18.8 Å². The predicted octanol–water partition coefficient (Wildman–Crippen LogP) is 3.34. The molecule has 3 N–H and O–H groups in total. The number of rotatable bonds is 8. The Morgan fingerprint density at radius 1 is 1.17 bits per heavy atom. The number of nitrogens with two attached hydrogens (primary N) is 1. The van der Waals surface area contributed by atoms with Crippen LogP contribution in [-0.4, -0.2) is 26.2 Å². The van der Waals surface area contributed by atoms with Crippen LogP contribution in [0.1, 0.15) is 17.5 Å². The third-order valence-electron chi connectivity index (χ3n) is 3.45. The van der Waals surface area contributed by atoms with Crippen LogP contribution in [0.3, 0.4) is 0 Å². The van der Waals surface area contributed by atoms with Gasteiger partial charge in [-0.15, -0.1) is 0 Å². The molecule has 5 nitrogen and oxygen atoms in total. The maximum absolute atomic E-state index is 5.88. The van der Waals surface area contributed by atoms with E-state index in [1.54, 1.807) is 7.11 Å². The Bertz CT molecular complexity index is 654. The topological polar surface area (TPSA) is 68.9 Å². The smallest absolute Gasteiger partial charge is 0.193 e. The molecule has 0 unspecified atom stereocenters. The van der Waals surface area contributed by atoms with E-state index < -0.39 is 0 Å². The lowest BCUT2D eigenvalue weighted by atomic mass is 10.2. The van der Waals surface area contributed by atoms with Gasteiger partial charge in [0.15, 0.2) is 5.96 Å². The fourth-order valence-corrected chi connectivity index (χ4v) is 2.19. The quantitative estimate of drug-likeness (QED) is 0.443. The molecule has 5 heteroatoms. The molecule has 0 bridgehead atoms. The van der Waals surface area contributed by atoms with Gasteiger partial charge < -0.3 is 20.5 Å². The van der Waals surface area contributed by atoms with E-state index in [0.29, 0.717) is 25.7 Å². The van der Waals surface area contributed by atoms with Crippen LogP contribution >= 0.6 is 0 Å². The Kier molecular flexibility index (Phi) is 7.11. The van der Waals surface area contributed by atoms with E-state index in [9.17, 15) is 0 Å². The van der Waals surface area contributed by atoms with E-state index in [1.807, 2.05) is 55.5 Å². The standard InChI is InChI=1S/C19H25N3O2/c1-15-5-3-6-17(13-15)22-19(20)21-11-4-12-24-14-16-7-9-18(23-2)10-8-16/h3,5-10,13H,4,11-12,14H2,1-2H3,(H3,20,21,22). The highest BCUT2D eigenvalue weighted by atomic mass is 16.5. The molecule has 2 rings (SSSR count). The van der Waals surface area contributed by atoms with E-state index in [0.717, 1.165) is 23.4 Å². The fraction of sp³-hybridized carbons (Fsp3) is 0.316. The highest BCUT2D eigenvalue weighted by Gasteiger charge is 1.97. The molecule has 2 aromatic rings. The van der Waals surface area contributed by atoms with Crippen LogP contribution in [0.25, 0.3) is 0 Å². The van der Waals surface area contributed by atoms with Gasteiger partial charge in [0.2, 0.25) is 0 Å². The molecular formula is C19H25N3O2. The minimum absolute atomic E-state index is 0.427. The Hall–Kier alpha value is -2.53. The monoisotopic (exact) mass is 327 g/mol. The zero-order valence-corrected chi connectivity index (χ0v) is 14.3. The summed E-state index contributed by atoms with van der Waals surface area (Å²) in [5.41, 5.74) is 9.13. The first-order chi connectivity index (χ1) is 11.7. The first kappa shape index (κ1) is 17.8. The maximum atomic E-state index is 5.88. The van der Waals surface area contributed by atoms with Crippen LogP contribution in [0.2, 0.25) is 0 Å². The van der Waals surface area contributed by atoms with Crippen molar-refractivity contribution in [1.29, 1.82) is 0 Å². The lowest BCUT2D eigenvalue weighted by molar-refractivity contribution is 0.120. The van der Waals surface area contributed by atoms with Crippen LogP contribution in [0, 0.1) is 6.92 Å². The maximum Gasteiger partial charge on any atom is 0.193 e. The van der Waals surface area contributed by atoms with Crippen LogP contribution in [0.15, 0.2) is 53.5 Å². The number of methoxy groups -OCH3 is 1. The number of nitrogens with one attached hydrogen (secondary N) is 1. The summed E-state index contributed by atoms with van der Waals surface area (Å²) in [6.07, 6.45) is 0.826. The number of benzene rings is 2. The van der Waals surface area contributed by atoms with Crippen LogP contribution in [0.4, 0.5) is 5.69 Å². The zero-order valence-electron chi connectivity index (χ0n) is 14.3. The number of anilines is 1. The number of nitrogens with zero attached hydrogens (tertiary/aromatic N) is 1. The molecule has 0 saturated heterocycles. The molecule has 0 heterocycles. The third-order valence-corrected chi connectivity index (χ3v) is 3.45. The first-order valence-corrected chi connectivity index (χ1v) is 8.01. The van der Waals surface area contributed by atoms with Gasteiger partial charge >= 0.3 is 0 Å². The summed E-state index contributed by atoms with van der Waals surface area (Å²) in [5.74, 6) is 1.28. The van der Waals surface area contributed by atoms with Crippen LogP contribution < -0.4 is 15.8 Å². The molecule has 0 aliphatic heterocycles. The molecule has 0 atom stereocenters. The third kappa shape index (κ3) is 6.30. The van der Waals surface area contributed by atoms with Gasteiger partial charge in [-0.2, -0.15) is 0 Å². The highest BCUT2D eigenvalue weighted by Crippen LogP contribution is 2.12. The summed E-state index contributed by atoms with van der Waals surface area (Å²) in [6, 6.07) is 15.9. The molecule has 0 amide bonds.